The number of aromatic hydroxyl groups is 2. The molecule has 0 aliphatic rings. The molecule has 0 spiro atoms. The molecule has 2 aromatic carbocycles. The molecule has 0 radical (unpaired) electrons. The summed E-state index contributed by atoms with van der Waals surface area (Å²) in [5.74, 6) is 0.618. The van der Waals surface area contributed by atoms with Crippen molar-refractivity contribution in [3.8, 4) is 34.1 Å². The third-order valence-electron chi connectivity index (χ3n) is 4.49. The number of phenolic OH excluding ortho intramolecular Hbond substituents is 2. The van der Waals surface area contributed by atoms with Crippen LogP contribution in [0.5, 0.6) is 23.0 Å². The number of phenols is 2. The Bertz CT molecular complexity index is 1120. The number of allylic oxidation sites excluding steroid dienone is 2. The first-order valence-corrected chi connectivity index (χ1v) is 8.72. The zero-order chi connectivity index (χ0) is 20.4. The van der Waals surface area contributed by atoms with Gasteiger partial charge in [-0.3, -0.25) is 4.79 Å². The van der Waals surface area contributed by atoms with Gasteiger partial charge < -0.3 is 24.1 Å². The molecule has 0 fully saturated rings. The molecule has 2 N–H and O–H groups in total. The fourth-order valence-electron chi connectivity index (χ4n) is 3.11. The lowest BCUT2D eigenvalue weighted by molar-refractivity contribution is 0.389. The van der Waals surface area contributed by atoms with Crippen molar-refractivity contribution in [1.29, 1.82) is 0 Å². The van der Waals surface area contributed by atoms with Crippen LogP contribution in [0.4, 0.5) is 0 Å². The molecule has 3 rings (SSSR count). The molecule has 0 aliphatic heterocycles. The van der Waals surface area contributed by atoms with Gasteiger partial charge in [-0.2, -0.15) is 0 Å². The average Bonchev–Trinajstić information content (AvgIpc) is 2.66. The van der Waals surface area contributed by atoms with E-state index in [4.69, 9.17) is 13.9 Å². The zero-order valence-electron chi connectivity index (χ0n) is 16.2. The highest BCUT2D eigenvalue weighted by Gasteiger charge is 2.21. The van der Waals surface area contributed by atoms with Gasteiger partial charge in [-0.25, -0.2) is 0 Å². The van der Waals surface area contributed by atoms with Gasteiger partial charge in [0.1, 0.15) is 40.2 Å². The van der Waals surface area contributed by atoms with Crippen molar-refractivity contribution in [2.24, 2.45) is 0 Å². The zero-order valence-corrected chi connectivity index (χ0v) is 16.2. The van der Waals surface area contributed by atoms with Crippen molar-refractivity contribution in [2.75, 3.05) is 14.2 Å². The van der Waals surface area contributed by atoms with E-state index in [0.29, 0.717) is 23.5 Å². The van der Waals surface area contributed by atoms with Crippen LogP contribution >= 0.6 is 0 Å². The molecule has 0 atom stereocenters. The number of hydrogen-bond acceptors (Lipinski definition) is 6. The topological polar surface area (TPSA) is 89.1 Å². The molecule has 146 valence electrons. The number of fused-ring (bicyclic) bond motifs is 1. The molecule has 1 aromatic heterocycles. The van der Waals surface area contributed by atoms with Crippen molar-refractivity contribution in [3.63, 3.8) is 0 Å². The van der Waals surface area contributed by atoms with E-state index in [1.165, 1.54) is 31.6 Å². The minimum Gasteiger partial charge on any atom is -0.508 e. The second kappa shape index (κ2) is 7.68. The van der Waals surface area contributed by atoms with Crippen molar-refractivity contribution < 1.29 is 24.1 Å². The monoisotopic (exact) mass is 382 g/mol. The summed E-state index contributed by atoms with van der Waals surface area (Å²) in [6.07, 6.45) is 3.83. The Morgan fingerprint density at radius 2 is 1.86 bits per heavy atom. The first-order valence-electron chi connectivity index (χ1n) is 8.72. The molecule has 0 amide bonds. The summed E-state index contributed by atoms with van der Waals surface area (Å²) in [6, 6.07) is 5.69. The van der Waals surface area contributed by atoms with E-state index >= 15 is 0 Å². The third-order valence-corrected chi connectivity index (χ3v) is 4.49. The van der Waals surface area contributed by atoms with Crippen LogP contribution in [0.15, 0.2) is 51.4 Å². The Morgan fingerprint density at radius 3 is 2.46 bits per heavy atom. The van der Waals surface area contributed by atoms with Gasteiger partial charge in [-0.05, 0) is 32.4 Å². The maximum atomic E-state index is 13.3. The molecule has 6 nitrogen and oxygen atoms in total. The summed E-state index contributed by atoms with van der Waals surface area (Å²) in [4.78, 5) is 13.3. The third kappa shape index (κ3) is 3.41. The van der Waals surface area contributed by atoms with E-state index in [9.17, 15) is 15.0 Å². The summed E-state index contributed by atoms with van der Waals surface area (Å²) >= 11 is 0. The maximum Gasteiger partial charge on any atom is 0.204 e. The average molecular weight is 382 g/mol. The van der Waals surface area contributed by atoms with Crippen LogP contribution < -0.4 is 14.9 Å². The minimum atomic E-state index is -0.347. The summed E-state index contributed by atoms with van der Waals surface area (Å²) in [6.45, 7) is 3.97. The van der Waals surface area contributed by atoms with Crippen molar-refractivity contribution in [3.05, 3.63) is 58.0 Å². The second-order valence-corrected chi connectivity index (χ2v) is 6.63. The van der Waals surface area contributed by atoms with Crippen molar-refractivity contribution in [1.82, 2.24) is 0 Å². The predicted octanol–water partition coefficient (Wildman–Crippen LogP) is 4.40. The molecule has 1 heterocycles. The highest BCUT2D eigenvalue weighted by molar-refractivity contribution is 5.90. The first-order chi connectivity index (χ1) is 13.4. The smallest absolute Gasteiger partial charge is 0.204 e. The second-order valence-electron chi connectivity index (χ2n) is 6.63. The summed E-state index contributed by atoms with van der Waals surface area (Å²) in [7, 11) is 3.04. The maximum absolute atomic E-state index is 13.3. The van der Waals surface area contributed by atoms with Gasteiger partial charge in [-0.15, -0.1) is 0 Å². The predicted molar refractivity (Wildman–Crippen MR) is 107 cm³/mol. The molecule has 0 saturated heterocycles. The van der Waals surface area contributed by atoms with Crippen LogP contribution in [0, 0.1) is 0 Å². The molecule has 0 bridgehead atoms. The van der Waals surface area contributed by atoms with Crippen molar-refractivity contribution >= 4 is 11.0 Å². The summed E-state index contributed by atoms with van der Waals surface area (Å²) in [5.41, 5.74) is 2.26. The Kier molecular flexibility index (Phi) is 5.31. The van der Waals surface area contributed by atoms with Crippen LogP contribution in [-0.2, 0) is 6.42 Å². The molecule has 0 aliphatic carbocycles. The van der Waals surface area contributed by atoms with Gasteiger partial charge >= 0.3 is 0 Å². The molecule has 3 aromatic rings. The van der Waals surface area contributed by atoms with E-state index in [1.807, 2.05) is 19.9 Å². The van der Waals surface area contributed by atoms with Crippen LogP contribution in [0.25, 0.3) is 22.1 Å². The Morgan fingerprint density at radius 1 is 1.11 bits per heavy atom. The number of hydrogen-bond donors (Lipinski definition) is 2. The standard InChI is InChI=1S/C22H22O6/c1-12(2)5-7-15-18(26-3)10-19-20(22(15)27-4)21(25)16(11-28-19)14-8-6-13(23)9-17(14)24/h5-6,8-11,23-24H,7H2,1-4H3. The Labute approximate surface area is 162 Å². The molecule has 6 heteroatoms. The van der Waals surface area contributed by atoms with E-state index in [1.54, 1.807) is 13.2 Å². The van der Waals surface area contributed by atoms with E-state index in [0.717, 1.165) is 11.1 Å². The lowest BCUT2D eigenvalue weighted by Gasteiger charge is -2.15. The van der Waals surface area contributed by atoms with Crippen LogP contribution in [0.2, 0.25) is 0 Å². The van der Waals surface area contributed by atoms with Crippen LogP contribution in [-0.4, -0.2) is 24.4 Å². The molecular weight excluding hydrogens is 360 g/mol. The fraction of sp³-hybridized carbons (Fsp3) is 0.227. The number of methoxy groups -OCH3 is 2. The van der Waals surface area contributed by atoms with E-state index < -0.39 is 0 Å². The number of ether oxygens (including phenoxy) is 2. The number of benzene rings is 2. The van der Waals surface area contributed by atoms with Crippen LogP contribution in [0.1, 0.15) is 19.4 Å². The lowest BCUT2D eigenvalue weighted by atomic mass is 10.00. The SMILES string of the molecule is COc1cc2occ(-c3ccc(O)cc3O)c(=O)c2c(OC)c1CC=C(C)C. The van der Waals surface area contributed by atoms with Gasteiger partial charge in [0.25, 0.3) is 0 Å². The minimum absolute atomic E-state index is 0.0993. The van der Waals surface area contributed by atoms with E-state index in [2.05, 4.69) is 0 Å². The summed E-state index contributed by atoms with van der Waals surface area (Å²) in [5, 5.41) is 19.9. The highest BCUT2D eigenvalue weighted by Crippen LogP contribution is 2.38. The largest absolute Gasteiger partial charge is 0.508 e. The molecule has 0 saturated carbocycles. The lowest BCUT2D eigenvalue weighted by Crippen LogP contribution is -2.09. The van der Waals surface area contributed by atoms with Gasteiger partial charge in [0, 0.05) is 23.3 Å². The van der Waals surface area contributed by atoms with Gasteiger partial charge in [0.2, 0.25) is 5.43 Å². The summed E-state index contributed by atoms with van der Waals surface area (Å²) < 4.78 is 16.7. The first kappa shape index (κ1) is 19.4. The quantitative estimate of drug-likeness (QED) is 0.636. The van der Waals surface area contributed by atoms with E-state index in [-0.39, 0.29) is 33.4 Å². The number of rotatable bonds is 5. The Hall–Kier alpha value is -3.41. The molecule has 28 heavy (non-hydrogen) atoms. The van der Waals surface area contributed by atoms with Crippen LogP contribution in [0.3, 0.4) is 0 Å². The van der Waals surface area contributed by atoms with Gasteiger partial charge in [0.15, 0.2) is 0 Å². The molecular formula is C22H22O6. The van der Waals surface area contributed by atoms with Crippen molar-refractivity contribution in [2.45, 2.75) is 20.3 Å². The highest BCUT2D eigenvalue weighted by atomic mass is 16.5. The Balaban J connectivity index is 2.34. The molecule has 0 unspecified atom stereocenters. The normalized spacial score (nSPS) is 10.7. The fourth-order valence-corrected chi connectivity index (χ4v) is 3.11. The van der Waals surface area contributed by atoms with Gasteiger partial charge in [0.05, 0.1) is 19.8 Å². The van der Waals surface area contributed by atoms with Gasteiger partial charge in [-0.1, -0.05) is 11.6 Å².